The zero-order valence-electron chi connectivity index (χ0n) is 21.1. The molecule has 1 aliphatic rings. The van der Waals surface area contributed by atoms with Gasteiger partial charge in [-0.25, -0.2) is 4.39 Å². The van der Waals surface area contributed by atoms with E-state index in [4.69, 9.17) is 5.73 Å². The number of anilines is 1. The Bertz CT molecular complexity index is 1430. The Kier molecular flexibility index (Phi) is 8.04. The number of rotatable bonds is 9. The lowest BCUT2D eigenvalue weighted by Gasteiger charge is -2.32. The fourth-order valence-electron chi connectivity index (χ4n) is 4.73. The largest absolute Gasteiger partial charge is 0.369 e. The van der Waals surface area contributed by atoms with Crippen LogP contribution in [0, 0.1) is 21.8 Å². The summed E-state index contributed by atoms with van der Waals surface area (Å²) in [6.07, 6.45) is 4.24. The molecule has 0 radical (unpaired) electrons. The maximum absolute atomic E-state index is 15.3. The molecule has 10 nitrogen and oxygen atoms in total. The normalized spacial score (nSPS) is 14.0. The summed E-state index contributed by atoms with van der Waals surface area (Å²) >= 11 is 0. The number of nitrogens with zero attached hydrogens (tertiary/aromatic N) is 3. The van der Waals surface area contributed by atoms with Crippen molar-refractivity contribution in [2.45, 2.75) is 45.7 Å². The quantitative estimate of drug-likeness (QED) is 0.325. The van der Waals surface area contributed by atoms with Crippen molar-refractivity contribution in [1.29, 1.82) is 0 Å². The van der Waals surface area contributed by atoms with Crippen LogP contribution in [0.5, 0.6) is 0 Å². The average Bonchev–Trinajstić information content (AvgIpc) is 2.91. The first-order chi connectivity index (χ1) is 18.2. The molecule has 0 spiro atoms. The van der Waals surface area contributed by atoms with Crippen LogP contribution >= 0.6 is 0 Å². The molecule has 2 heterocycles. The molecule has 3 aromatic rings. The number of nitrogens with two attached hydrogens (primary N) is 1. The van der Waals surface area contributed by atoms with Crippen molar-refractivity contribution in [3.8, 4) is 0 Å². The zero-order chi connectivity index (χ0) is 27.4. The number of amides is 2. The minimum Gasteiger partial charge on any atom is -0.369 e. The number of non-ortho nitro benzene ring substituents is 1. The lowest BCUT2D eigenvalue weighted by molar-refractivity contribution is -0.384. The number of unbranched alkanes of at least 4 members (excludes halogenated alkanes) is 1. The number of aromatic nitrogens is 1. The van der Waals surface area contributed by atoms with Gasteiger partial charge < -0.3 is 20.5 Å². The number of piperidine rings is 1. The molecule has 11 heteroatoms. The van der Waals surface area contributed by atoms with Crippen LogP contribution in [-0.4, -0.2) is 34.4 Å². The highest BCUT2D eigenvalue weighted by Crippen LogP contribution is 2.29. The van der Waals surface area contributed by atoms with Crippen LogP contribution < -0.4 is 21.4 Å². The topological polar surface area (TPSA) is 141 Å². The van der Waals surface area contributed by atoms with Gasteiger partial charge in [-0.3, -0.25) is 24.5 Å². The minimum absolute atomic E-state index is 0.0629. The maximum Gasteiger partial charge on any atom is 0.269 e. The van der Waals surface area contributed by atoms with Gasteiger partial charge in [0.2, 0.25) is 11.3 Å². The van der Waals surface area contributed by atoms with Crippen molar-refractivity contribution in [3.63, 3.8) is 0 Å². The van der Waals surface area contributed by atoms with Crippen LogP contribution in [0.3, 0.4) is 0 Å². The number of primary amides is 1. The number of benzene rings is 2. The van der Waals surface area contributed by atoms with Gasteiger partial charge >= 0.3 is 0 Å². The predicted molar refractivity (Wildman–Crippen MR) is 141 cm³/mol. The van der Waals surface area contributed by atoms with Crippen LogP contribution in [0.25, 0.3) is 10.9 Å². The predicted octanol–water partition coefficient (Wildman–Crippen LogP) is 3.48. The maximum atomic E-state index is 15.3. The molecule has 1 saturated heterocycles. The van der Waals surface area contributed by atoms with Gasteiger partial charge in [0.15, 0.2) is 0 Å². The number of aryl methyl sites for hydroxylation is 1. The van der Waals surface area contributed by atoms with E-state index >= 15 is 4.39 Å². The molecule has 0 atom stereocenters. The molecular weight excluding hydrogens is 493 g/mol. The van der Waals surface area contributed by atoms with Gasteiger partial charge in [-0.15, -0.1) is 0 Å². The minimum atomic E-state index is -0.612. The number of hydrogen-bond acceptors (Lipinski definition) is 6. The van der Waals surface area contributed by atoms with E-state index in [1.165, 1.54) is 36.5 Å². The van der Waals surface area contributed by atoms with Crippen LogP contribution in [0.15, 0.2) is 47.4 Å². The molecule has 0 bridgehead atoms. The Morgan fingerprint density at radius 3 is 2.47 bits per heavy atom. The molecule has 1 aromatic heterocycles. The van der Waals surface area contributed by atoms with Gasteiger partial charge in [0, 0.05) is 55.8 Å². The highest BCUT2D eigenvalue weighted by atomic mass is 19.1. The molecule has 0 aliphatic carbocycles. The summed E-state index contributed by atoms with van der Waals surface area (Å²) in [6.45, 7) is 3.57. The van der Waals surface area contributed by atoms with Gasteiger partial charge in [-0.1, -0.05) is 25.5 Å². The van der Waals surface area contributed by atoms with E-state index in [2.05, 4.69) is 5.32 Å². The van der Waals surface area contributed by atoms with Gasteiger partial charge in [0.1, 0.15) is 11.4 Å². The monoisotopic (exact) mass is 523 g/mol. The second-order valence-corrected chi connectivity index (χ2v) is 9.51. The van der Waals surface area contributed by atoms with Crippen LogP contribution in [0.2, 0.25) is 0 Å². The summed E-state index contributed by atoms with van der Waals surface area (Å²) in [5, 5.41) is 13.6. The van der Waals surface area contributed by atoms with Crippen LogP contribution in [0.4, 0.5) is 15.8 Å². The number of nitro groups is 1. The van der Waals surface area contributed by atoms with Gasteiger partial charge in [0.05, 0.1) is 16.1 Å². The van der Waals surface area contributed by atoms with Crippen molar-refractivity contribution >= 4 is 34.1 Å². The molecule has 200 valence electrons. The van der Waals surface area contributed by atoms with E-state index in [9.17, 15) is 24.5 Å². The van der Waals surface area contributed by atoms with E-state index in [1.54, 1.807) is 10.6 Å². The van der Waals surface area contributed by atoms with E-state index in [1.807, 2.05) is 11.8 Å². The molecule has 0 saturated carbocycles. The number of fused-ring (bicyclic) bond motifs is 1. The van der Waals surface area contributed by atoms with Crippen molar-refractivity contribution < 1.29 is 18.9 Å². The highest BCUT2D eigenvalue weighted by Gasteiger charge is 2.26. The van der Waals surface area contributed by atoms with E-state index in [0.29, 0.717) is 49.2 Å². The Balaban J connectivity index is 1.64. The molecule has 1 fully saturated rings. The van der Waals surface area contributed by atoms with E-state index < -0.39 is 22.1 Å². The fourth-order valence-corrected chi connectivity index (χ4v) is 4.73. The van der Waals surface area contributed by atoms with Gasteiger partial charge in [-0.05, 0) is 37.0 Å². The lowest BCUT2D eigenvalue weighted by Crippen LogP contribution is -2.39. The first-order valence-corrected chi connectivity index (χ1v) is 12.6. The third-order valence-electron chi connectivity index (χ3n) is 6.98. The molecule has 38 heavy (non-hydrogen) atoms. The summed E-state index contributed by atoms with van der Waals surface area (Å²) in [5.74, 6) is -1.77. The molecular formula is C27H30FN5O5. The molecule has 4 rings (SSSR count). The Hall–Kier alpha value is -4.28. The van der Waals surface area contributed by atoms with Crippen LogP contribution in [0.1, 0.15) is 48.5 Å². The number of halogens is 1. The second kappa shape index (κ2) is 11.4. The van der Waals surface area contributed by atoms with E-state index in [-0.39, 0.29) is 35.0 Å². The number of nitro benzene ring substituents is 1. The third-order valence-corrected chi connectivity index (χ3v) is 6.98. The first-order valence-electron chi connectivity index (χ1n) is 12.6. The summed E-state index contributed by atoms with van der Waals surface area (Å²) < 4.78 is 17.1. The standard InChI is InChI=1S/C27H30FN5O5/c1-2-3-10-32-16-21(27(36)30-15-17-4-6-19(7-5-17)33(37)38)25(34)20-13-22(28)24(14-23(20)32)31-11-8-18(9-12-31)26(29)35/h4-7,13-14,16,18H,2-3,8-12,15H2,1H3,(H2,29,35)(H,30,36). The summed E-state index contributed by atoms with van der Waals surface area (Å²) in [5.41, 5.74) is 6.19. The van der Waals surface area contributed by atoms with Crippen molar-refractivity contribution in [3.05, 3.63) is 79.9 Å². The Labute approximate surface area is 218 Å². The molecule has 1 aliphatic heterocycles. The van der Waals surface area contributed by atoms with Gasteiger partial charge in [0.25, 0.3) is 11.6 Å². The smallest absolute Gasteiger partial charge is 0.269 e. The number of carbonyl (C=O) groups is 2. The first kappa shape index (κ1) is 26.8. The number of carbonyl (C=O) groups excluding carboxylic acids is 2. The third kappa shape index (κ3) is 5.66. The Morgan fingerprint density at radius 2 is 1.87 bits per heavy atom. The summed E-state index contributed by atoms with van der Waals surface area (Å²) in [4.78, 5) is 50.0. The zero-order valence-corrected chi connectivity index (χ0v) is 21.1. The van der Waals surface area contributed by atoms with Crippen molar-refractivity contribution in [2.24, 2.45) is 11.7 Å². The Morgan fingerprint density at radius 1 is 1.18 bits per heavy atom. The summed E-state index contributed by atoms with van der Waals surface area (Å²) in [7, 11) is 0. The van der Waals surface area contributed by atoms with Crippen molar-refractivity contribution in [1.82, 2.24) is 9.88 Å². The lowest BCUT2D eigenvalue weighted by atomic mass is 9.95. The van der Waals surface area contributed by atoms with Gasteiger partial charge in [-0.2, -0.15) is 0 Å². The SMILES string of the molecule is CCCCn1cc(C(=O)NCc2ccc([N+](=O)[O-])cc2)c(=O)c2cc(F)c(N3CCC(C(N)=O)CC3)cc21. The average molecular weight is 524 g/mol. The number of hydrogen-bond donors (Lipinski definition) is 2. The fraction of sp³-hybridized carbons (Fsp3) is 0.370. The molecule has 2 amide bonds. The summed E-state index contributed by atoms with van der Waals surface area (Å²) in [6, 6.07) is 8.56. The molecule has 2 aromatic carbocycles. The molecule has 3 N–H and O–H groups in total. The highest BCUT2D eigenvalue weighted by molar-refractivity contribution is 5.97. The second-order valence-electron chi connectivity index (χ2n) is 9.51. The van der Waals surface area contributed by atoms with E-state index in [0.717, 1.165) is 12.8 Å². The molecule has 0 unspecified atom stereocenters. The number of pyridine rings is 1. The number of nitrogens with one attached hydrogen (secondary N) is 1. The van der Waals surface area contributed by atoms with Crippen molar-refractivity contribution in [2.75, 3.05) is 18.0 Å². The van der Waals surface area contributed by atoms with Crippen LogP contribution in [-0.2, 0) is 17.9 Å².